The first-order valence-electron chi connectivity index (χ1n) is 15.0. The minimum absolute atomic E-state index is 0.124. The summed E-state index contributed by atoms with van der Waals surface area (Å²) in [5, 5.41) is 12.9. The van der Waals surface area contributed by atoms with E-state index in [-0.39, 0.29) is 43.3 Å². The van der Waals surface area contributed by atoms with Crippen LogP contribution in [0.3, 0.4) is 0 Å². The summed E-state index contributed by atoms with van der Waals surface area (Å²) in [6.07, 6.45) is 2.66. The highest BCUT2D eigenvalue weighted by atomic mass is 16.5. The summed E-state index contributed by atoms with van der Waals surface area (Å²) < 4.78 is 5.62. The minimum Gasteiger partial charge on any atom is -0.491 e. The highest BCUT2D eigenvalue weighted by Gasteiger charge is 2.69. The van der Waals surface area contributed by atoms with E-state index in [0.717, 1.165) is 27.3 Å². The van der Waals surface area contributed by atoms with Crippen LogP contribution >= 0.6 is 0 Å². The molecule has 224 valence electrons. The summed E-state index contributed by atoms with van der Waals surface area (Å²) in [4.78, 5) is 55.4. The molecule has 4 aliphatic rings. The lowest BCUT2D eigenvalue weighted by atomic mass is 9.49. The summed E-state index contributed by atoms with van der Waals surface area (Å²) in [6.45, 7) is 1.98. The molecule has 7 rings (SSSR count). The van der Waals surface area contributed by atoms with Crippen LogP contribution in [0.5, 0.6) is 5.75 Å². The topological polar surface area (TPSA) is 125 Å². The normalized spacial score (nSPS) is 29.0. The van der Waals surface area contributed by atoms with E-state index in [0.29, 0.717) is 17.9 Å². The Hall–Kier alpha value is -4.76. The van der Waals surface area contributed by atoms with Crippen LogP contribution in [0, 0.1) is 30.6 Å². The third-order valence-electron chi connectivity index (χ3n) is 9.81. The molecule has 2 saturated heterocycles. The molecule has 2 heterocycles. The van der Waals surface area contributed by atoms with Crippen molar-refractivity contribution in [3.63, 3.8) is 0 Å². The van der Waals surface area contributed by atoms with E-state index in [1.165, 1.54) is 0 Å². The first-order valence-corrected chi connectivity index (χ1v) is 15.0. The number of hydrogen-bond acceptors (Lipinski definition) is 7. The predicted molar refractivity (Wildman–Crippen MR) is 161 cm³/mol. The van der Waals surface area contributed by atoms with E-state index in [2.05, 4.69) is 10.7 Å². The predicted octanol–water partition coefficient (Wildman–Crippen LogP) is 3.64. The first kappa shape index (κ1) is 28.0. The van der Waals surface area contributed by atoms with Gasteiger partial charge in [-0.3, -0.25) is 29.9 Å². The molecule has 6 atom stereocenters. The smallest absolute Gasteiger partial charge is 0.260 e. The molecule has 6 unspecified atom stereocenters. The van der Waals surface area contributed by atoms with Gasteiger partial charge in [0.25, 0.3) is 11.8 Å². The van der Waals surface area contributed by atoms with E-state index < -0.39 is 35.0 Å². The van der Waals surface area contributed by atoms with Gasteiger partial charge >= 0.3 is 0 Å². The zero-order chi connectivity index (χ0) is 30.6. The van der Waals surface area contributed by atoms with E-state index in [1.54, 1.807) is 12.1 Å². The Morgan fingerprint density at radius 1 is 0.932 bits per heavy atom. The molecule has 1 saturated carbocycles. The Morgan fingerprint density at radius 3 is 2.36 bits per heavy atom. The lowest BCUT2D eigenvalue weighted by Crippen LogP contribution is -2.53. The Bertz CT molecular complexity index is 1670. The highest BCUT2D eigenvalue weighted by Crippen LogP contribution is 2.63. The van der Waals surface area contributed by atoms with Crippen molar-refractivity contribution in [3.05, 3.63) is 107 Å². The standard InChI is InChI=1S/C35H33N3O6/c1-20-7-11-23(12-8-20)37-38-33(42)28-19-27-25(15-16-26-29(27)32(41)36-31(26)40)30(21-9-13-24(14-10-21)44-18-17-39)35(28,34(38)43)22-5-3-2-4-6-22/h2-15,26-30,37,39H,16-19H2,1H3,(H,36,40,41). The number of hydrogen-bond donors (Lipinski definition) is 3. The van der Waals surface area contributed by atoms with Crippen molar-refractivity contribution in [1.29, 1.82) is 0 Å². The molecule has 0 bridgehead atoms. The average molecular weight is 592 g/mol. The van der Waals surface area contributed by atoms with Crippen molar-refractivity contribution >= 4 is 29.3 Å². The Balaban J connectivity index is 1.42. The van der Waals surface area contributed by atoms with Gasteiger partial charge in [0.2, 0.25) is 11.8 Å². The van der Waals surface area contributed by atoms with Crippen LogP contribution in [0.15, 0.2) is 90.5 Å². The SMILES string of the molecule is Cc1ccc(NN2C(=O)C3CC4C(=CCC5C(=O)NC(=O)C54)C(c4ccc(OCCO)cc4)C3(c3ccccc3)C2=O)cc1. The fourth-order valence-corrected chi connectivity index (χ4v) is 7.95. The fourth-order valence-electron chi connectivity index (χ4n) is 7.95. The third-order valence-corrected chi connectivity index (χ3v) is 9.81. The Morgan fingerprint density at radius 2 is 1.66 bits per heavy atom. The van der Waals surface area contributed by atoms with Crippen LogP contribution in [-0.2, 0) is 24.6 Å². The number of imide groups is 2. The molecule has 9 heteroatoms. The zero-order valence-electron chi connectivity index (χ0n) is 24.2. The van der Waals surface area contributed by atoms with Gasteiger partial charge in [0.15, 0.2) is 0 Å². The van der Waals surface area contributed by atoms with Gasteiger partial charge in [-0.15, -0.1) is 0 Å². The quantitative estimate of drug-likeness (QED) is 0.283. The van der Waals surface area contributed by atoms with Gasteiger partial charge < -0.3 is 9.84 Å². The van der Waals surface area contributed by atoms with Crippen molar-refractivity contribution in [2.45, 2.75) is 31.1 Å². The van der Waals surface area contributed by atoms with Crippen LogP contribution in [0.2, 0.25) is 0 Å². The number of amides is 4. The Kier molecular flexibility index (Phi) is 6.85. The number of anilines is 1. The highest BCUT2D eigenvalue weighted by molar-refractivity contribution is 6.13. The second kappa shape index (κ2) is 10.7. The number of nitrogens with one attached hydrogen (secondary N) is 2. The number of allylic oxidation sites excluding steroid dienone is 2. The van der Waals surface area contributed by atoms with E-state index >= 15 is 0 Å². The van der Waals surface area contributed by atoms with Gasteiger partial charge in [-0.25, -0.2) is 0 Å². The molecule has 2 aliphatic heterocycles. The van der Waals surface area contributed by atoms with Crippen LogP contribution in [0.25, 0.3) is 0 Å². The van der Waals surface area contributed by atoms with Crippen molar-refractivity contribution < 1.29 is 29.0 Å². The van der Waals surface area contributed by atoms with Crippen LogP contribution in [0.4, 0.5) is 5.69 Å². The number of aryl methyl sites for hydroxylation is 1. The monoisotopic (exact) mass is 591 g/mol. The van der Waals surface area contributed by atoms with Crippen molar-refractivity contribution in [2.75, 3.05) is 18.6 Å². The van der Waals surface area contributed by atoms with Crippen LogP contribution in [-0.4, -0.2) is 47.0 Å². The first-order chi connectivity index (χ1) is 21.3. The minimum atomic E-state index is -1.31. The molecule has 0 spiro atoms. The second-order valence-corrected chi connectivity index (χ2v) is 12.1. The van der Waals surface area contributed by atoms with Gasteiger partial charge in [-0.2, -0.15) is 5.01 Å². The van der Waals surface area contributed by atoms with E-state index in [1.807, 2.05) is 79.7 Å². The maximum absolute atomic E-state index is 15.0. The summed E-state index contributed by atoms with van der Waals surface area (Å²) in [5.74, 6) is -3.65. The number of benzene rings is 3. The van der Waals surface area contributed by atoms with Crippen molar-refractivity contribution in [2.24, 2.45) is 23.7 Å². The molecular weight excluding hydrogens is 558 g/mol. The number of aliphatic hydroxyl groups excluding tert-OH is 1. The molecule has 3 aromatic carbocycles. The number of carbonyl (C=O) groups excluding carboxylic acids is 4. The van der Waals surface area contributed by atoms with E-state index in [4.69, 9.17) is 4.74 Å². The number of aliphatic hydroxyl groups is 1. The molecule has 0 aromatic heterocycles. The number of hydrazine groups is 1. The molecule has 3 fully saturated rings. The summed E-state index contributed by atoms with van der Waals surface area (Å²) in [6, 6.07) is 24.3. The van der Waals surface area contributed by atoms with Gasteiger partial charge in [-0.05, 0) is 61.1 Å². The van der Waals surface area contributed by atoms with Crippen molar-refractivity contribution in [1.82, 2.24) is 10.3 Å². The van der Waals surface area contributed by atoms with Crippen molar-refractivity contribution in [3.8, 4) is 5.75 Å². The van der Waals surface area contributed by atoms with Gasteiger partial charge in [0.1, 0.15) is 12.4 Å². The molecular formula is C35H33N3O6. The van der Waals surface area contributed by atoms with Crippen LogP contribution < -0.4 is 15.5 Å². The summed E-state index contributed by atoms with van der Waals surface area (Å²) in [5.41, 5.74) is 5.87. The maximum Gasteiger partial charge on any atom is 0.260 e. The number of carbonyl (C=O) groups is 4. The Labute approximate surface area is 254 Å². The number of fused-ring (bicyclic) bond motifs is 4. The second-order valence-electron chi connectivity index (χ2n) is 12.1. The molecule has 44 heavy (non-hydrogen) atoms. The molecule has 4 amide bonds. The fraction of sp³-hybridized carbons (Fsp3) is 0.314. The average Bonchev–Trinajstić information content (AvgIpc) is 3.45. The lowest BCUT2D eigenvalue weighted by Gasteiger charge is -2.50. The largest absolute Gasteiger partial charge is 0.491 e. The summed E-state index contributed by atoms with van der Waals surface area (Å²) >= 11 is 0. The molecule has 2 aliphatic carbocycles. The van der Waals surface area contributed by atoms with Gasteiger partial charge in [0.05, 0.1) is 35.5 Å². The maximum atomic E-state index is 15.0. The lowest BCUT2D eigenvalue weighted by molar-refractivity contribution is -0.138. The molecule has 9 nitrogen and oxygen atoms in total. The van der Waals surface area contributed by atoms with Crippen LogP contribution in [0.1, 0.15) is 35.4 Å². The molecule has 0 radical (unpaired) electrons. The van der Waals surface area contributed by atoms with E-state index in [9.17, 15) is 24.3 Å². The molecule has 3 aromatic rings. The zero-order valence-corrected chi connectivity index (χ0v) is 24.2. The molecule has 3 N–H and O–H groups in total. The number of rotatable bonds is 7. The number of nitrogens with zero attached hydrogens (tertiary/aromatic N) is 1. The van der Waals surface area contributed by atoms with Gasteiger partial charge in [-0.1, -0.05) is 71.8 Å². The number of ether oxygens (including phenoxy) is 1. The third kappa shape index (κ3) is 4.17. The summed E-state index contributed by atoms with van der Waals surface area (Å²) in [7, 11) is 0. The van der Waals surface area contributed by atoms with Gasteiger partial charge in [0, 0.05) is 5.92 Å².